The van der Waals surface area contributed by atoms with Gasteiger partial charge in [-0.05, 0) is 37.8 Å². The maximum Gasteiger partial charge on any atom is 0.433 e. The minimum atomic E-state index is -4.56. The van der Waals surface area contributed by atoms with Crippen molar-refractivity contribution in [2.24, 2.45) is 27.6 Å². The molecule has 8 nitrogen and oxygen atoms in total. The zero-order valence-corrected chi connectivity index (χ0v) is 17.9. The summed E-state index contributed by atoms with van der Waals surface area (Å²) >= 11 is 0. The van der Waals surface area contributed by atoms with Crippen molar-refractivity contribution in [3.8, 4) is 0 Å². The number of pyridine rings is 1. The third-order valence-electron chi connectivity index (χ3n) is 5.30. The van der Waals surface area contributed by atoms with Crippen LogP contribution in [0.4, 0.5) is 13.2 Å². The number of amidine groups is 1. The number of aliphatic imine (C=N–C) groups is 2. The van der Waals surface area contributed by atoms with Crippen LogP contribution in [0.25, 0.3) is 0 Å². The zero-order valence-electron chi connectivity index (χ0n) is 17.9. The number of alkyl halides is 3. The number of rotatable bonds is 9. The number of halogens is 3. The van der Waals surface area contributed by atoms with E-state index in [1.54, 1.807) is 7.11 Å². The van der Waals surface area contributed by atoms with Crippen molar-refractivity contribution in [1.82, 2.24) is 15.6 Å². The van der Waals surface area contributed by atoms with E-state index in [4.69, 9.17) is 15.2 Å². The summed E-state index contributed by atoms with van der Waals surface area (Å²) in [5.41, 5.74) is 5.63. The van der Waals surface area contributed by atoms with Crippen LogP contribution >= 0.6 is 0 Å². The highest BCUT2D eigenvalue weighted by Crippen LogP contribution is 2.41. The molecule has 0 amide bonds. The standard InChI is InChI=1S/C20H29F3N6O2/c1-12(11-31-10-9-30-3)25-18-27-17(15-5-4-6-16(26-15)19(21,22)23)28-20(24,29-18)13(2)14-7-8-14/h4-6,12-14H,7-11,24H2,1-3H3,(H2,25,27,28,29)/t12?,13-,20?/m1/s1. The van der Waals surface area contributed by atoms with Gasteiger partial charge in [0, 0.05) is 13.0 Å². The van der Waals surface area contributed by atoms with Crippen molar-refractivity contribution < 1.29 is 22.6 Å². The Bertz CT molecular complexity index is 827. The molecule has 11 heteroatoms. The minimum absolute atomic E-state index is 0.0471. The summed E-state index contributed by atoms with van der Waals surface area (Å²) in [6.45, 7) is 5.10. The molecule has 1 aromatic rings. The van der Waals surface area contributed by atoms with E-state index in [0.717, 1.165) is 18.9 Å². The topological polar surface area (TPSA) is 106 Å². The molecule has 1 aliphatic carbocycles. The fourth-order valence-corrected chi connectivity index (χ4v) is 3.31. The molecule has 4 N–H and O–H groups in total. The van der Waals surface area contributed by atoms with E-state index in [-0.39, 0.29) is 23.5 Å². The van der Waals surface area contributed by atoms with E-state index in [2.05, 4.69) is 25.6 Å². The molecule has 2 unspecified atom stereocenters. The lowest BCUT2D eigenvalue weighted by atomic mass is 9.97. The Morgan fingerprint density at radius 3 is 2.68 bits per heavy atom. The van der Waals surface area contributed by atoms with E-state index < -0.39 is 17.7 Å². The maximum atomic E-state index is 13.1. The predicted octanol–water partition coefficient (Wildman–Crippen LogP) is 2.11. The summed E-state index contributed by atoms with van der Waals surface area (Å²) in [4.78, 5) is 12.8. The number of nitrogens with zero attached hydrogens (tertiary/aromatic N) is 3. The van der Waals surface area contributed by atoms with Crippen LogP contribution in [0.3, 0.4) is 0 Å². The van der Waals surface area contributed by atoms with Gasteiger partial charge in [-0.2, -0.15) is 13.2 Å². The number of methoxy groups -OCH3 is 1. The predicted molar refractivity (Wildman–Crippen MR) is 110 cm³/mol. The van der Waals surface area contributed by atoms with Gasteiger partial charge in [0.05, 0.1) is 25.9 Å². The van der Waals surface area contributed by atoms with Gasteiger partial charge in [-0.1, -0.05) is 13.0 Å². The first-order chi connectivity index (χ1) is 14.6. The largest absolute Gasteiger partial charge is 0.433 e. The quantitative estimate of drug-likeness (QED) is 0.506. The summed E-state index contributed by atoms with van der Waals surface area (Å²) in [6, 6.07) is 3.44. The average molecular weight is 442 g/mol. The normalized spacial score (nSPS) is 24.9. The van der Waals surface area contributed by atoms with Gasteiger partial charge in [-0.15, -0.1) is 0 Å². The number of guanidine groups is 1. The Morgan fingerprint density at radius 2 is 2.03 bits per heavy atom. The second-order valence-electron chi connectivity index (χ2n) is 7.96. The zero-order chi connectivity index (χ0) is 22.6. The first-order valence-corrected chi connectivity index (χ1v) is 10.3. The smallest absolute Gasteiger partial charge is 0.382 e. The van der Waals surface area contributed by atoms with Crippen LogP contribution in [-0.4, -0.2) is 55.5 Å². The number of aromatic nitrogens is 1. The summed E-state index contributed by atoms with van der Waals surface area (Å²) in [7, 11) is 1.59. The SMILES string of the molecule is COCCOCC(C)N=C1NC(c2cccc(C(F)(F)F)n2)=NC(N)([C@H](C)C2CC2)N1. The number of ether oxygens (including phenoxy) is 2. The van der Waals surface area contributed by atoms with Crippen molar-refractivity contribution in [1.29, 1.82) is 0 Å². The first-order valence-electron chi connectivity index (χ1n) is 10.3. The van der Waals surface area contributed by atoms with Gasteiger partial charge >= 0.3 is 6.18 Å². The molecule has 31 heavy (non-hydrogen) atoms. The lowest BCUT2D eigenvalue weighted by Crippen LogP contribution is -2.67. The Kier molecular flexibility index (Phi) is 7.17. The maximum absolute atomic E-state index is 13.1. The molecule has 1 saturated carbocycles. The Balaban J connectivity index is 1.87. The van der Waals surface area contributed by atoms with Crippen LogP contribution in [0.15, 0.2) is 28.2 Å². The molecule has 3 rings (SSSR count). The van der Waals surface area contributed by atoms with Crippen LogP contribution < -0.4 is 16.4 Å². The molecule has 1 aromatic heterocycles. The van der Waals surface area contributed by atoms with Gasteiger partial charge in [-0.25, -0.2) is 15.0 Å². The third-order valence-corrected chi connectivity index (χ3v) is 5.30. The molecule has 3 atom stereocenters. The first kappa shape index (κ1) is 23.4. The van der Waals surface area contributed by atoms with E-state index >= 15 is 0 Å². The molecule has 0 saturated heterocycles. The van der Waals surface area contributed by atoms with Gasteiger partial charge < -0.3 is 20.1 Å². The van der Waals surface area contributed by atoms with Crippen LogP contribution in [-0.2, 0) is 15.7 Å². The molecule has 0 bridgehead atoms. The van der Waals surface area contributed by atoms with Crippen LogP contribution in [0.5, 0.6) is 0 Å². The summed E-state index contributed by atoms with van der Waals surface area (Å²) in [5, 5.41) is 6.08. The fraction of sp³-hybridized carbons (Fsp3) is 0.650. The summed E-state index contributed by atoms with van der Waals surface area (Å²) in [6.07, 6.45) is -2.48. The molecular formula is C20H29F3N6O2. The molecule has 1 fully saturated rings. The van der Waals surface area contributed by atoms with Crippen molar-refractivity contribution in [3.05, 3.63) is 29.6 Å². The minimum Gasteiger partial charge on any atom is -0.382 e. The van der Waals surface area contributed by atoms with Crippen LogP contribution in [0.2, 0.25) is 0 Å². The molecule has 172 valence electrons. The molecule has 1 aliphatic heterocycles. The third kappa shape index (κ3) is 6.14. The highest BCUT2D eigenvalue weighted by molar-refractivity contribution is 6.09. The Labute approximate surface area is 179 Å². The highest BCUT2D eigenvalue weighted by atomic mass is 19.4. The second kappa shape index (κ2) is 9.49. The van der Waals surface area contributed by atoms with E-state index in [1.165, 1.54) is 12.1 Å². The number of hydrogen-bond donors (Lipinski definition) is 3. The van der Waals surface area contributed by atoms with Crippen LogP contribution in [0.1, 0.15) is 38.1 Å². The average Bonchev–Trinajstić information content (AvgIpc) is 3.55. The lowest BCUT2D eigenvalue weighted by molar-refractivity contribution is -0.141. The van der Waals surface area contributed by atoms with E-state index in [0.29, 0.717) is 31.7 Å². The number of hydrogen-bond acceptors (Lipinski definition) is 6. The van der Waals surface area contributed by atoms with Gasteiger partial charge in [0.25, 0.3) is 0 Å². The van der Waals surface area contributed by atoms with Gasteiger partial charge in [0.1, 0.15) is 11.4 Å². The van der Waals surface area contributed by atoms with Crippen LogP contribution in [0, 0.1) is 11.8 Å². The molecule has 0 spiro atoms. The number of nitrogens with two attached hydrogens (primary N) is 1. The van der Waals surface area contributed by atoms with Gasteiger partial charge in [0.2, 0.25) is 0 Å². The Morgan fingerprint density at radius 1 is 1.29 bits per heavy atom. The molecule has 0 aromatic carbocycles. The molecular weight excluding hydrogens is 413 g/mol. The summed E-state index contributed by atoms with van der Waals surface area (Å²) < 4.78 is 49.9. The molecule has 2 heterocycles. The Hall–Kier alpha value is -2.24. The van der Waals surface area contributed by atoms with Crippen molar-refractivity contribution in [2.75, 3.05) is 26.9 Å². The summed E-state index contributed by atoms with van der Waals surface area (Å²) in [5.74, 6) is -0.402. The fourth-order valence-electron chi connectivity index (χ4n) is 3.31. The van der Waals surface area contributed by atoms with Gasteiger partial charge in [-0.3, -0.25) is 5.73 Å². The van der Waals surface area contributed by atoms with Crippen molar-refractivity contribution in [3.63, 3.8) is 0 Å². The van der Waals surface area contributed by atoms with Crippen molar-refractivity contribution >= 4 is 11.8 Å². The van der Waals surface area contributed by atoms with Crippen molar-refractivity contribution in [2.45, 2.75) is 44.7 Å². The molecule has 2 aliphatic rings. The molecule has 0 radical (unpaired) electrons. The second-order valence-corrected chi connectivity index (χ2v) is 7.96. The highest BCUT2D eigenvalue weighted by Gasteiger charge is 2.44. The number of nitrogens with one attached hydrogen (secondary N) is 2. The van der Waals surface area contributed by atoms with E-state index in [9.17, 15) is 13.2 Å². The lowest BCUT2D eigenvalue weighted by Gasteiger charge is -2.38. The van der Waals surface area contributed by atoms with E-state index in [1.807, 2.05) is 13.8 Å². The monoisotopic (exact) mass is 442 g/mol. The van der Waals surface area contributed by atoms with Gasteiger partial charge in [0.15, 0.2) is 17.6 Å².